The molecular formula is C23H35NO3. The Balaban J connectivity index is 2.14. The monoisotopic (exact) mass is 373 g/mol. The van der Waals surface area contributed by atoms with Crippen molar-refractivity contribution < 1.29 is 14.3 Å². The quantitative estimate of drug-likeness (QED) is 0.562. The van der Waals surface area contributed by atoms with E-state index in [4.69, 9.17) is 4.74 Å². The molecule has 1 saturated heterocycles. The third-order valence-corrected chi connectivity index (χ3v) is 5.57. The molecule has 1 aliphatic heterocycles. The zero-order valence-corrected chi connectivity index (χ0v) is 17.3. The van der Waals surface area contributed by atoms with Gasteiger partial charge >= 0.3 is 5.97 Å². The minimum Gasteiger partial charge on any atom is -0.464 e. The lowest BCUT2D eigenvalue weighted by Crippen LogP contribution is -2.44. The topological polar surface area (TPSA) is 46.6 Å². The molecule has 150 valence electrons. The normalized spacial score (nSPS) is 20.4. The van der Waals surface area contributed by atoms with Crippen LogP contribution in [-0.4, -0.2) is 35.3 Å². The van der Waals surface area contributed by atoms with E-state index in [1.807, 2.05) is 32.0 Å². The Hall–Kier alpha value is -1.68. The van der Waals surface area contributed by atoms with Gasteiger partial charge in [0.1, 0.15) is 11.8 Å². The van der Waals surface area contributed by atoms with Gasteiger partial charge in [-0.2, -0.15) is 0 Å². The molecule has 0 spiro atoms. The lowest BCUT2D eigenvalue weighted by Gasteiger charge is -2.29. The second-order valence-corrected chi connectivity index (χ2v) is 8.14. The number of ketones is 1. The minimum atomic E-state index is -0.320. The van der Waals surface area contributed by atoms with Crippen molar-refractivity contribution in [1.29, 1.82) is 0 Å². The fourth-order valence-corrected chi connectivity index (χ4v) is 3.82. The molecule has 4 nitrogen and oxygen atoms in total. The molecule has 1 unspecified atom stereocenters. The average Bonchev–Trinajstić information content (AvgIpc) is 3.08. The molecule has 0 N–H and O–H groups in total. The average molecular weight is 374 g/mol. The number of rotatable bonds is 10. The van der Waals surface area contributed by atoms with Crippen molar-refractivity contribution in [2.45, 2.75) is 78.4 Å². The predicted octanol–water partition coefficient (Wildman–Crippen LogP) is 4.61. The van der Waals surface area contributed by atoms with Gasteiger partial charge in [-0.05, 0) is 30.2 Å². The molecule has 4 heteroatoms. The van der Waals surface area contributed by atoms with Gasteiger partial charge in [0.05, 0.1) is 12.6 Å². The van der Waals surface area contributed by atoms with Crippen molar-refractivity contribution in [2.75, 3.05) is 6.61 Å². The van der Waals surface area contributed by atoms with Crippen LogP contribution in [0.4, 0.5) is 0 Å². The van der Waals surface area contributed by atoms with Gasteiger partial charge in [0.2, 0.25) is 0 Å². The molecule has 0 aromatic heterocycles. The third kappa shape index (κ3) is 6.17. The van der Waals surface area contributed by atoms with E-state index in [9.17, 15) is 9.59 Å². The Labute approximate surface area is 164 Å². The van der Waals surface area contributed by atoms with Crippen LogP contribution in [0.15, 0.2) is 30.3 Å². The van der Waals surface area contributed by atoms with Gasteiger partial charge in [0.15, 0.2) is 0 Å². The van der Waals surface area contributed by atoms with Gasteiger partial charge in [-0.3, -0.25) is 14.5 Å². The first-order chi connectivity index (χ1) is 13.0. The molecule has 0 saturated carbocycles. The number of likely N-dealkylation sites (tertiary alicyclic amines) is 1. The Morgan fingerprint density at radius 1 is 1.07 bits per heavy atom. The van der Waals surface area contributed by atoms with E-state index in [1.165, 1.54) is 0 Å². The van der Waals surface area contributed by atoms with E-state index >= 15 is 0 Å². The van der Waals surface area contributed by atoms with Crippen molar-refractivity contribution in [2.24, 2.45) is 11.8 Å². The highest BCUT2D eigenvalue weighted by molar-refractivity contribution is 5.86. The highest BCUT2D eigenvalue weighted by Crippen LogP contribution is 2.30. The number of benzene rings is 1. The largest absolute Gasteiger partial charge is 0.464 e. The van der Waals surface area contributed by atoms with Crippen LogP contribution < -0.4 is 0 Å². The molecule has 0 amide bonds. The fourth-order valence-electron chi connectivity index (χ4n) is 3.82. The molecule has 1 aromatic carbocycles. The fraction of sp³-hybridized carbons (Fsp3) is 0.652. The predicted molar refractivity (Wildman–Crippen MR) is 108 cm³/mol. The SMILES string of the molecule is CCC(CC)CC(=O)C1CC[C@H](C(=O)OCC(C)C)N1Cc1ccccc1. The standard InChI is InChI=1S/C23H35NO3/c1-5-18(6-2)14-22(25)20-12-13-21(23(26)27-16-17(3)4)24(20)15-19-10-8-7-9-11-19/h7-11,17-18,20-21H,5-6,12-16H2,1-4H3/t20?,21-/m1/s1. The number of ether oxygens (including phenoxy) is 1. The second kappa shape index (κ2) is 10.6. The van der Waals surface area contributed by atoms with Gasteiger partial charge < -0.3 is 4.74 Å². The summed E-state index contributed by atoms with van der Waals surface area (Å²) in [5, 5.41) is 0. The van der Waals surface area contributed by atoms with Crippen LogP contribution in [0.2, 0.25) is 0 Å². The lowest BCUT2D eigenvalue weighted by molar-refractivity contribution is -0.151. The highest BCUT2D eigenvalue weighted by Gasteiger charge is 2.42. The van der Waals surface area contributed by atoms with Gasteiger partial charge in [-0.15, -0.1) is 0 Å². The van der Waals surface area contributed by atoms with E-state index in [2.05, 4.69) is 30.9 Å². The van der Waals surface area contributed by atoms with Gasteiger partial charge in [0, 0.05) is 13.0 Å². The molecule has 1 aliphatic rings. The van der Waals surface area contributed by atoms with E-state index in [-0.39, 0.29) is 23.8 Å². The highest BCUT2D eigenvalue weighted by atomic mass is 16.5. The molecular weight excluding hydrogens is 338 g/mol. The molecule has 1 fully saturated rings. The van der Waals surface area contributed by atoms with Crippen LogP contribution >= 0.6 is 0 Å². The summed E-state index contributed by atoms with van der Waals surface area (Å²) in [5.41, 5.74) is 1.13. The van der Waals surface area contributed by atoms with Crippen LogP contribution in [0.3, 0.4) is 0 Å². The van der Waals surface area contributed by atoms with E-state index in [1.54, 1.807) is 0 Å². The summed E-state index contributed by atoms with van der Waals surface area (Å²) in [6.07, 6.45) is 4.09. The molecule has 27 heavy (non-hydrogen) atoms. The summed E-state index contributed by atoms with van der Waals surface area (Å²) in [7, 11) is 0. The van der Waals surface area contributed by atoms with Crippen molar-refractivity contribution in [3.8, 4) is 0 Å². The molecule has 1 aromatic rings. The summed E-state index contributed by atoms with van der Waals surface area (Å²) >= 11 is 0. The van der Waals surface area contributed by atoms with Crippen LogP contribution in [0, 0.1) is 11.8 Å². The first-order valence-electron chi connectivity index (χ1n) is 10.4. The summed E-state index contributed by atoms with van der Waals surface area (Å²) < 4.78 is 5.51. The Morgan fingerprint density at radius 2 is 1.70 bits per heavy atom. The zero-order valence-electron chi connectivity index (χ0n) is 17.3. The maximum atomic E-state index is 13.0. The molecule has 0 bridgehead atoms. The van der Waals surface area contributed by atoms with Gasteiger partial charge in [-0.1, -0.05) is 70.9 Å². The molecule has 2 atom stereocenters. The van der Waals surface area contributed by atoms with Crippen molar-refractivity contribution in [3.05, 3.63) is 35.9 Å². The smallest absolute Gasteiger partial charge is 0.323 e. The van der Waals surface area contributed by atoms with Crippen molar-refractivity contribution in [3.63, 3.8) is 0 Å². The molecule has 2 rings (SSSR count). The van der Waals surface area contributed by atoms with Crippen LogP contribution in [0.25, 0.3) is 0 Å². The number of carbonyl (C=O) groups is 2. The summed E-state index contributed by atoms with van der Waals surface area (Å²) in [6, 6.07) is 9.59. The van der Waals surface area contributed by atoms with Gasteiger partial charge in [-0.25, -0.2) is 0 Å². The Bertz CT molecular complexity index is 595. The molecule has 0 radical (unpaired) electrons. The number of hydrogen-bond donors (Lipinski definition) is 0. The first kappa shape index (κ1) is 21.6. The van der Waals surface area contributed by atoms with Crippen LogP contribution in [0.1, 0.15) is 65.4 Å². The number of nitrogens with zero attached hydrogens (tertiary/aromatic N) is 1. The number of hydrogen-bond acceptors (Lipinski definition) is 4. The minimum absolute atomic E-state index is 0.178. The zero-order chi connectivity index (χ0) is 19.8. The summed E-state index contributed by atoms with van der Waals surface area (Å²) in [6.45, 7) is 9.40. The summed E-state index contributed by atoms with van der Waals surface area (Å²) in [5.74, 6) is 0.837. The second-order valence-electron chi connectivity index (χ2n) is 8.14. The number of Topliss-reactive ketones (excluding diaryl/α,β-unsaturated/α-hetero) is 1. The Morgan fingerprint density at radius 3 is 2.30 bits per heavy atom. The lowest BCUT2D eigenvalue weighted by atomic mass is 9.93. The van der Waals surface area contributed by atoms with Crippen LogP contribution in [-0.2, 0) is 20.9 Å². The van der Waals surface area contributed by atoms with Gasteiger partial charge in [0.25, 0.3) is 0 Å². The number of esters is 1. The van der Waals surface area contributed by atoms with Crippen molar-refractivity contribution in [1.82, 2.24) is 4.90 Å². The van der Waals surface area contributed by atoms with Crippen LogP contribution in [0.5, 0.6) is 0 Å². The Kier molecular flexibility index (Phi) is 8.49. The maximum absolute atomic E-state index is 13.0. The first-order valence-corrected chi connectivity index (χ1v) is 10.4. The molecule has 1 heterocycles. The van der Waals surface area contributed by atoms with E-state index < -0.39 is 0 Å². The third-order valence-electron chi connectivity index (χ3n) is 5.57. The van der Waals surface area contributed by atoms with E-state index in [0.717, 1.165) is 24.8 Å². The molecule has 0 aliphatic carbocycles. The van der Waals surface area contributed by atoms with Crippen molar-refractivity contribution >= 4 is 11.8 Å². The van der Waals surface area contributed by atoms with E-state index in [0.29, 0.717) is 37.8 Å². The summed E-state index contributed by atoms with van der Waals surface area (Å²) in [4.78, 5) is 27.8. The number of carbonyl (C=O) groups excluding carboxylic acids is 2. The maximum Gasteiger partial charge on any atom is 0.323 e.